The van der Waals surface area contributed by atoms with Crippen LogP contribution in [0.15, 0.2) is 60.8 Å². The van der Waals surface area contributed by atoms with Crippen LogP contribution in [-0.2, 0) is 0 Å². The van der Waals surface area contributed by atoms with Gasteiger partial charge in [-0.2, -0.15) is 0 Å². The number of carboxylic acid groups (broad SMARTS) is 1. The molecule has 172 valence electrons. The third-order valence-corrected chi connectivity index (χ3v) is 6.04. The average Bonchev–Trinajstić information content (AvgIpc) is 3.51. The van der Waals surface area contributed by atoms with Gasteiger partial charge in [0.05, 0.1) is 29.8 Å². The van der Waals surface area contributed by atoms with Crippen LogP contribution in [0.25, 0.3) is 29.0 Å². The van der Waals surface area contributed by atoms with Crippen LogP contribution in [0.1, 0.15) is 47.4 Å². The van der Waals surface area contributed by atoms with E-state index in [1.807, 2.05) is 59.2 Å². The Kier molecular flexibility index (Phi) is 5.99. The van der Waals surface area contributed by atoms with Crippen LogP contribution in [-0.4, -0.2) is 38.8 Å². The van der Waals surface area contributed by atoms with Gasteiger partial charge < -0.3 is 14.6 Å². The molecule has 0 amide bonds. The number of aromatic carboxylic acids is 1. The first-order chi connectivity index (χ1) is 16.6. The molecule has 2 heterocycles. The van der Waals surface area contributed by atoms with Crippen LogP contribution in [0.4, 0.5) is 0 Å². The van der Waals surface area contributed by atoms with Crippen LogP contribution in [0.5, 0.6) is 11.5 Å². The molecule has 0 atom stereocenters. The van der Waals surface area contributed by atoms with Gasteiger partial charge in [0.1, 0.15) is 11.6 Å². The lowest BCUT2D eigenvalue weighted by molar-refractivity contribution is 0.0696. The minimum Gasteiger partial charge on any atom is -0.493 e. The van der Waals surface area contributed by atoms with Crippen molar-refractivity contribution in [1.29, 1.82) is 0 Å². The standard InChI is InChI=1S/C27H25N3O4/c1-33-23-12-6-7-18(26(23)34-20-8-2-3-9-20)13-16-25-29-21-10-4-5-11-22(21)30(25)24-15-14-19(17-28-24)27(31)32/h4-7,10-17,20H,2-3,8-9H2,1H3,(H,31,32)/b16-13+. The van der Waals surface area contributed by atoms with Gasteiger partial charge in [-0.1, -0.05) is 24.3 Å². The minimum atomic E-state index is -1.01. The molecular weight excluding hydrogens is 430 g/mol. The van der Waals surface area contributed by atoms with Crippen molar-refractivity contribution < 1.29 is 19.4 Å². The molecule has 1 fully saturated rings. The predicted molar refractivity (Wildman–Crippen MR) is 131 cm³/mol. The number of carbonyl (C=O) groups is 1. The molecule has 0 spiro atoms. The van der Waals surface area contributed by atoms with Gasteiger partial charge in [0.15, 0.2) is 11.5 Å². The smallest absolute Gasteiger partial charge is 0.337 e. The molecular formula is C27H25N3O4. The van der Waals surface area contributed by atoms with Crippen molar-refractivity contribution in [3.63, 3.8) is 0 Å². The summed E-state index contributed by atoms with van der Waals surface area (Å²) in [6, 6.07) is 16.9. The summed E-state index contributed by atoms with van der Waals surface area (Å²) in [6.45, 7) is 0. The number of pyridine rings is 1. The number of imidazole rings is 1. The Hall–Kier alpha value is -4.13. The van der Waals surface area contributed by atoms with Crippen LogP contribution < -0.4 is 9.47 Å². The zero-order chi connectivity index (χ0) is 23.5. The number of ether oxygens (including phenoxy) is 2. The Morgan fingerprint density at radius 3 is 2.62 bits per heavy atom. The van der Waals surface area contributed by atoms with Crippen molar-refractivity contribution in [2.24, 2.45) is 0 Å². The molecule has 7 nitrogen and oxygen atoms in total. The van der Waals surface area contributed by atoms with E-state index in [0.29, 0.717) is 17.4 Å². The number of hydrogen-bond donors (Lipinski definition) is 1. The maximum Gasteiger partial charge on any atom is 0.337 e. The fourth-order valence-electron chi connectivity index (χ4n) is 4.33. The second-order valence-electron chi connectivity index (χ2n) is 8.24. The molecule has 5 rings (SSSR count). The maximum atomic E-state index is 11.3. The molecule has 2 aromatic heterocycles. The van der Waals surface area contributed by atoms with Gasteiger partial charge in [0.2, 0.25) is 0 Å². The fraction of sp³-hybridized carbons (Fsp3) is 0.222. The molecule has 2 aromatic carbocycles. The van der Waals surface area contributed by atoms with Gasteiger partial charge in [0.25, 0.3) is 0 Å². The average molecular weight is 456 g/mol. The second-order valence-corrected chi connectivity index (χ2v) is 8.24. The van der Waals surface area contributed by atoms with E-state index < -0.39 is 5.97 Å². The minimum absolute atomic E-state index is 0.135. The largest absolute Gasteiger partial charge is 0.493 e. The molecule has 1 N–H and O–H groups in total. The zero-order valence-corrected chi connectivity index (χ0v) is 18.8. The molecule has 34 heavy (non-hydrogen) atoms. The van der Waals surface area contributed by atoms with Gasteiger partial charge >= 0.3 is 5.97 Å². The molecule has 0 saturated heterocycles. The quantitative estimate of drug-likeness (QED) is 0.389. The third kappa shape index (κ3) is 4.24. The van der Waals surface area contributed by atoms with Crippen LogP contribution >= 0.6 is 0 Å². The molecule has 0 unspecified atom stereocenters. The molecule has 7 heteroatoms. The van der Waals surface area contributed by atoms with E-state index in [9.17, 15) is 9.90 Å². The van der Waals surface area contributed by atoms with E-state index in [-0.39, 0.29) is 11.7 Å². The maximum absolute atomic E-state index is 11.3. The highest BCUT2D eigenvalue weighted by Crippen LogP contribution is 2.36. The lowest BCUT2D eigenvalue weighted by atomic mass is 10.1. The number of nitrogens with zero attached hydrogens (tertiary/aromatic N) is 3. The normalized spacial score (nSPS) is 14.1. The molecule has 0 aliphatic heterocycles. The summed E-state index contributed by atoms with van der Waals surface area (Å²) < 4.78 is 13.8. The Balaban J connectivity index is 1.56. The van der Waals surface area contributed by atoms with E-state index in [0.717, 1.165) is 35.2 Å². The summed E-state index contributed by atoms with van der Waals surface area (Å²) >= 11 is 0. The summed E-state index contributed by atoms with van der Waals surface area (Å²) in [7, 11) is 1.65. The van der Waals surface area contributed by atoms with Crippen molar-refractivity contribution in [2.45, 2.75) is 31.8 Å². The molecule has 1 aliphatic carbocycles. The Labute approximate surface area is 197 Å². The number of aromatic nitrogens is 3. The van der Waals surface area contributed by atoms with Crippen molar-refractivity contribution in [1.82, 2.24) is 14.5 Å². The van der Waals surface area contributed by atoms with Gasteiger partial charge in [-0.15, -0.1) is 0 Å². The number of benzene rings is 2. The SMILES string of the molecule is COc1cccc(/C=C/c2nc3ccccc3n2-c2ccc(C(=O)O)cn2)c1OC1CCCC1. The highest BCUT2D eigenvalue weighted by Gasteiger charge is 2.20. The number of fused-ring (bicyclic) bond motifs is 1. The van der Waals surface area contributed by atoms with Crippen LogP contribution in [0, 0.1) is 0 Å². The molecule has 1 saturated carbocycles. The number of hydrogen-bond acceptors (Lipinski definition) is 5. The Morgan fingerprint density at radius 1 is 1.06 bits per heavy atom. The highest BCUT2D eigenvalue weighted by atomic mass is 16.5. The van der Waals surface area contributed by atoms with Crippen molar-refractivity contribution >= 4 is 29.2 Å². The highest BCUT2D eigenvalue weighted by molar-refractivity contribution is 5.87. The summed E-state index contributed by atoms with van der Waals surface area (Å²) in [6.07, 6.45) is 9.91. The number of carboxylic acids is 1. The van der Waals surface area contributed by atoms with E-state index >= 15 is 0 Å². The van der Waals surface area contributed by atoms with Crippen molar-refractivity contribution in [2.75, 3.05) is 7.11 Å². The fourth-order valence-corrected chi connectivity index (χ4v) is 4.33. The lowest BCUT2D eigenvalue weighted by Crippen LogP contribution is -2.12. The molecule has 1 aliphatic rings. The van der Waals surface area contributed by atoms with E-state index in [4.69, 9.17) is 14.5 Å². The van der Waals surface area contributed by atoms with Crippen LogP contribution in [0.2, 0.25) is 0 Å². The third-order valence-electron chi connectivity index (χ3n) is 6.04. The van der Waals surface area contributed by atoms with E-state index in [2.05, 4.69) is 4.98 Å². The molecule has 4 aromatic rings. The number of rotatable bonds is 7. The summed E-state index contributed by atoms with van der Waals surface area (Å²) in [5, 5.41) is 9.22. The van der Waals surface area contributed by atoms with Crippen molar-refractivity contribution in [3.05, 3.63) is 77.7 Å². The van der Waals surface area contributed by atoms with Gasteiger partial charge in [-0.3, -0.25) is 4.57 Å². The molecule has 0 bridgehead atoms. The van der Waals surface area contributed by atoms with Gasteiger partial charge in [-0.25, -0.2) is 14.8 Å². The monoisotopic (exact) mass is 455 g/mol. The first-order valence-electron chi connectivity index (χ1n) is 11.3. The van der Waals surface area contributed by atoms with Crippen molar-refractivity contribution in [3.8, 4) is 17.3 Å². The first-order valence-corrected chi connectivity index (χ1v) is 11.3. The summed E-state index contributed by atoms with van der Waals surface area (Å²) in [4.78, 5) is 20.4. The second kappa shape index (κ2) is 9.39. The summed E-state index contributed by atoms with van der Waals surface area (Å²) in [5.74, 6) is 1.69. The summed E-state index contributed by atoms with van der Waals surface area (Å²) in [5.41, 5.74) is 2.74. The number of para-hydroxylation sites is 3. The van der Waals surface area contributed by atoms with E-state index in [1.54, 1.807) is 19.2 Å². The van der Waals surface area contributed by atoms with Gasteiger partial charge in [0, 0.05) is 11.8 Å². The Morgan fingerprint density at radius 2 is 1.88 bits per heavy atom. The Bertz CT molecular complexity index is 1350. The van der Waals surface area contributed by atoms with E-state index in [1.165, 1.54) is 19.0 Å². The number of methoxy groups -OCH3 is 1. The predicted octanol–water partition coefficient (Wildman–Crippen LogP) is 5.62. The zero-order valence-electron chi connectivity index (χ0n) is 18.8. The van der Waals surface area contributed by atoms with Gasteiger partial charge in [-0.05, 0) is 68.2 Å². The van der Waals surface area contributed by atoms with Crippen LogP contribution in [0.3, 0.4) is 0 Å². The first kappa shape index (κ1) is 21.7. The molecule has 0 radical (unpaired) electrons. The lowest BCUT2D eigenvalue weighted by Gasteiger charge is -2.18. The topological polar surface area (TPSA) is 86.5 Å².